The first-order valence-electron chi connectivity index (χ1n) is 9.93. The number of nitrogens with one attached hydrogen (secondary N) is 1. The zero-order chi connectivity index (χ0) is 25.8. The Labute approximate surface area is 204 Å². The van der Waals surface area contributed by atoms with E-state index in [-0.39, 0.29) is 17.2 Å². The van der Waals surface area contributed by atoms with Gasteiger partial charge in [0.15, 0.2) is 0 Å². The largest absolute Gasteiger partial charge is 0.450 e. The lowest BCUT2D eigenvalue weighted by Crippen LogP contribution is -2.16. The molecule has 0 aliphatic carbocycles. The molecule has 4 aromatic rings. The molecule has 36 heavy (non-hydrogen) atoms. The Balaban J connectivity index is 1.41. The SMILES string of the molecule is O=C(N/N=C\c1ccc(Oc2ccc([N+](=O)[O-])cc2[N+](=O)[O-])cc1)c1cc2cc([N+](=O)[O-])ccc2s1. The monoisotopic (exact) mass is 507 g/mol. The summed E-state index contributed by atoms with van der Waals surface area (Å²) in [4.78, 5) is 43.7. The molecule has 0 radical (unpaired) electrons. The fourth-order valence-corrected chi connectivity index (χ4v) is 4.01. The molecule has 0 unspecified atom stereocenters. The van der Waals surface area contributed by atoms with E-state index in [1.54, 1.807) is 24.3 Å². The molecule has 1 amide bonds. The molecule has 0 fully saturated rings. The van der Waals surface area contributed by atoms with Crippen LogP contribution in [0.5, 0.6) is 11.5 Å². The summed E-state index contributed by atoms with van der Waals surface area (Å²) >= 11 is 1.17. The van der Waals surface area contributed by atoms with Gasteiger partial charge in [0.25, 0.3) is 17.3 Å². The van der Waals surface area contributed by atoms with Crippen molar-refractivity contribution in [3.63, 3.8) is 0 Å². The molecule has 3 aromatic carbocycles. The van der Waals surface area contributed by atoms with Crippen LogP contribution in [0.1, 0.15) is 15.2 Å². The van der Waals surface area contributed by atoms with Crippen molar-refractivity contribution in [1.82, 2.24) is 5.43 Å². The standard InChI is InChI=1S/C22H13N5O8S/c28-22(21-10-14-9-15(25(29)30)4-8-20(14)36-21)24-23-12-13-1-5-17(6-2-13)35-19-7-3-16(26(31)32)11-18(19)27(33)34/h1-12H,(H,24,28)/b23-12-. The van der Waals surface area contributed by atoms with Crippen LogP contribution in [0, 0.1) is 30.3 Å². The molecule has 4 rings (SSSR count). The highest BCUT2D eigenvalue weighted by molar-refractivity contribution is 7.20. The lowest BCUT2D eigenvalue weighted by atomic mass is 10.2. The van der Waals surface area contributed by atoms with Crippen molar-refractivity contribution in [2.45, 2.75) is 0 Å². The molecule has 0 saturated carbocycles. The summed E-state index contributed by atoms with van der Waals surface area (Å²) in [5.41, 5.74) is 1.91. The fourth-order valence-electron chi connectivity index (χ4n) is 3.07. The van der Waals surface area contributed by atoms with Crippen molar-refractivity contribution < 1.29 is 24.3 Å². The Hall–Kier alpha value is -5.24. The third kappa shape index (κ3) is 5.28. The minimum absolute atomic E-state index is 0.0686. The van der Waals surface area contributed by atoms with E-state index in [0.29, 0.717) is 15.8 Å². The van der Waals surface area contributed by atoms with Gasteiger partial charge in [-0.2, -0.15) is 5.10 Å². The minimum Gasteiger partial charge on any atom is -0.450 e. The van der Waals surface area contributed by atoms with Crippen LogP contribution in [-0.2, 0) is 0 Å². The molecule has 0 bridgehead atoms. The number of fused-ring (bicyclic) bond motifs is 1. The van der Waals surface area contributed by atoms with Gasteiger partial charge in [-0.05, 0) is 48.0 Å². The number of nitro groups is 3. The number of nitrogens with zero attached hydrogens (tertiary/aromatic N) is 4. The molecule has 0 aliphatic heterocycles. The van der Waals surface area contributed by atoms with Crippen LogP contribution in [-0.4, -0.2) is 26.9 Å². The first-order chi connectivity index (χ1) is 17.2. The number of amides is 1. The summed E-state index contributed by atoms with van der Waals surface area (Å²) in [6, 6.07) is 15.1. The van der Waals surface area contributed by atoms with Gasteiger partial charge in [-0.15, -0.1) is 11.3 Å². The van der Waals surface area contributed by atoms with Crippen LogP contribution < -0.4 is 10.2 Å². The topological polar surface area (TPSA) is 180 Å². The summed E-state index contributed by atoms with van der Waals surface area (Å²) in [5.74, 6) is -0.402. The predicted octanol–water partition coefficient (Wildman–Crippen LogP) is 5.18. The van der Waals surface area contributed by atoms with Crippen molar-refractivity contribution in [1.29, 1.82) is 0 Å². The Kier molecular flexibility index (Phi) is 6.60. The number of hydrazone groups is 1. The summed E-state index contributed by atoms with van der Waals surface area (Å²) in [6.45, 7) is 0. The highest BCUT2D eigenvalue weighted by atomic mass is 32.1. The molecule has 14 heteroatoms. The van der Waals surface area contributed by atoms with Crippen molar-refractivity contribution in [2.75, 3.05) is 0 Å². The highest BCUT2D eigenvalue weighted by Gasteiger charge is 2.21. The lowest BCUT2D eigenvalue weighted by Gasteiger charge is -2.06. The number of carbonyl (C=O) groups is 1. The molecule has 0 spiro atoms. The average Bonchev–Trinajstić information content (AvgIpc) is 3.28. The molecule has 1 aromatic heterocycles. The van der Waals surface area contributed by atoms with E-state index < -0.39 is 32.1 Å². The maximum atomic E-state index is 12.4. The highest BCUT2D eigenvalue weighted by Crippen LogP contribution is 2.34. The van der Waals surface area contributed by atoms with Crippen molar-refractivity contribution >= 4 is 50.6 Å². The predicted molar refractivity (Wildman–Crippen MR) is 130 cm³/mol. The van der Waals surface area contributed by atoms with E-state index in [9.17, 15) is 35.1 Å². The van der Waals surface area contributed by atoms with E-state index in [2.05, 4.69) is 10.5 Å². The zero-order valence-electron chi connectivity index (χ0n) is 17.9. The second-order valence-electron chi connectivity index (χ2n) is 7.13. The number of carbonyl (C=O) groups excluding carboxylic acids is 1. The molecular formula is C22H13N5O8S. The summed E-state index contributed by atoms with van der Waals surface area (Å²) < 4.78 is 6.21. The zero-order valence-corrected chi connectivity index (χ0v) is 18.7. The van der Waals surface area contributed by atoms with Gasteiger partial charge in [0, 0.05) is 28.3 Å². The summed E-state index contributed by atoms with van der Waals surface area (Å²) in [5, 5.41) is 37.5. The molecule has 1 N–H and O–H groups in total. The minimum atomic E-state index is -0.774. The van der Waals surface area contributed by atoms with Gasteiger partial charge < -0.3 is 4.74 Å². The van der Waals surface area contributed by atoms with Crippen LogP contribution in [0.3, 0.4) is 0 Å². The molecule has 13 nitrogen and oxygen atoms in total. The van der Waals surface area contributed by atoms with Crippen LogP contribution in [0.4, 0.5) is 17.1 Å². The number of ether oxygens (including phenoxy) is 1. The molecule has 1 heterocycles. The molecule has 0 aliphatic rings. The maximum Gasteiger partial charge on any atom is 0.318 e. The Morgan fingerprint density at radius 3 is 2.19 bits per heavy atom. The van der Waals surface area contributed by atoms with E-state index in [4.69, 9.17) is 4.74 Å². The molecule has 180 valence electrons. The Morgan fingerprint density at radius 2 is 1.53 bits per heavy atom. The van der Waals surface area contributed by atoms with Gasteiger partial charge in [-0.25, -0.2) is 5.43 Å². The molecule has 0 saturated heterocycles. The smallest absolute Gasteiger partial charge is 0.318 e. The number of thiophene rings is 1. The fraction of sp³-hybridized carbons (Fsp3) is 0. The summed E-state index contributed by atoms with van der Waals surface area (Å²) in [7, 11) is 0. The average molecular weight is 507 g/mol. The van der Waals surface area contributed by atoms with Gasteiger partial charge in [-0.1, -0.05) is 0 Å². The summed E-state index contributed by atoms with van der Waals surface area (Å²) in [6.07, 6.45) is 1.37. The second-order valence-corrected chi connectivity index (χ2v) is 8.21. The maximum absolute atomic E-state index is 12.4. The van der Waals surface area contributed by atoms with E-state index in [1.807, 2.05) is 0 Å². The van der Waals surface area contributed by atoms with E-state index >= 15 is 0 Å². The van der Waals surface area contributed by atoms with Crippen molar-refractivity contribution in [2.24, 2.45) is 5.10 Å². The van der Waals surface area contributed by atoms with Gasteiger partial charge in [0.1, 0.15) is 5.75 Å². The third-order valence-electron chi connectivity index (χ3n) is 4.77. The second kappa shape index (κ2) is 9.94. The van der Waals surface area contributed by atoms with Crippen LogP contribution in [0.25, 0.3) is 10.1 Å². The Bertz CT molecular complexity index is 1550. The van der Waals surface area contributed by atoms with Gasteiger partial charge in [0.2, 0.25) is 5.75 Å². The van der Waals surface area contributed by atoms with Gasteiger partial charge in [0.05, 0.1) is 31.9 Å². The van der Waals surface area contributed by atoms with Crippen molar-refractivity contribution in [3.05, 3.63) is 108 Å². The first-order valence-corrected chi connectivity index (χ1v) is 10.7. The Morgan fingerprint density at radius 1 is 0.861 bits per heavy atom. The number of non-ortho nitro benzene ring substituents is 2. The third-order valence-corrected chi connectivity index (χ3v) is 5.89. The van der Waals surface area contributed by atoms with Gasteiger partial charge in [-0.3, -0.25) is 35.1 Å². The number of hydrogen-bond donors (Lipinski definition) is 1. The van der Waals surface area contributed by atoms with E-state index in [0.717, 1.165) is 22.9 Å². The molecular weight excluding hydrogens is 494 g/mol. The van der Waals surface area contributed by atoms with Crippen LogP contribution in [0.2, 0.25) is 0 Å². The number of rotatable bonds is 8. The quantitative estimate of drug-likeness (QED) is 0.192. The van der Waals surface area contributed by atoms with Crippen LogP contribution >= 0.6 is 11.3 Å². The number of hydrogen-bond acceptors (Lipinski definition) is 10. The number of nitro benzene ring substituents is 3. The van der Waals surface area contributed by atoms with Gasteiger partial charge >= 0.3 is 5.69 Å². The number of benzene rings is 3. The molecule has 0 atom stereocenters. The van der Waals surface area contributed by atoms with E-state index in [1.165, 1.54) is 41.8 Å². The lowest BCUT2D eigenvalue weighted by molar-refractivity contribution is -0.394. The van der Waals surface area contributed by atoms with Crippen molar-refractivity contribution in [3.8, 4) is 11.5 Å². The normalized spacial score (nSPS) is 10.9. The first kappa shape index (κ1) is 23.9. The van der Waals surface area contributed by atoms with Crippen LogP contribution in [0.15, 0.2) is 71.8 Å².